The first kappa shape index (κ1) is 28.2. The molecule has 0 fully saturated rings. The number of hydrogen-bond donors (Lipinski definition) is 2. The SMILES string of the molecule is Clc1ccc(COC(Cn2ccnc2)c2ccc(Cl)cc2Cl)c(Cl)c1.O=[N+]([O-])O.O=[N+]([O-])O. The molecule has 1 unspecified atom stereocenters. The van der Waals surface area contributed by atoms with Crippen molar-refractivity contribution in [2.75, 3.05) is 0 Å². The molecule has 178 valence electrons. The third-order valence-electron chi connectivity index (χ3n) is 3.70. The van der Waals surface area contributed by atoms with Crippen molar-refractivity contribution >= 4 is 46.4 Å². The lowest BCUT2D eigenvalue weighted by molar-refractivity contribution is -0.742. The highest BCUT2D eigenvalue weighted by Crippen LogP contribution is 2.31. The predicted molar refractivity (Wildman–Crippen MR) is 120 cm³/mol. The average Bonchev–Trinajstić information content (AvgIpc) is 3.19. The van der Waals surface area contributed by atoms with E-state index in [1.807, 2.05) is 22.9 Å². The van der Waals surface area contributed by atoms with Crippen molar-refractivity contribution < 1.29 is 25.3 Å². The molecule has 3 rings (SSSR count). The maximum absolute atomic E-state index is 8.36. The van der Waals surface area contributed by atoms with Crippen LogP contribution in [0.15, 0.2) is 55.1 Å². The maximum atomic E-state index is 8.36. The van der Waals surface area contributed by atoms with Gasteiger partial charge < -0.3 is 19.7 Å². The van der Waals surface area contributed by atoms with E-state index in [-0.39, 0.29) is 6.10 Å². The molecule has 0 aliphatic carbocycles. The summed E-state index contributed by atoms with van der Waals surface area (Å²) in [4.78, 5) is 20.8. The molecular formula is C18H16Cl4N4O7. The fraction of sp³-hybridized carbons (Fsp3) is 0.167. The van der Waals surface area contributed by atoms with E-state index in [2.05, 4.69) is 4.98 Å². The monoisotopic (exact) mass is 540 g/mol. The van der Waals surface area contributed by atoms with Crippen molar-refractivity contribution in [2.24, 2.45) is 0 Å². The molecule has 11 nitrogen and oxygen atoms in total. The number of benzene rings is 2. The van der Waals surface area contributed by atoms with E-state index in [1.165, 1.54) is 0 Å². The van der Waals surface area contributed by atoms with Gasteiger partial charge in [0.1, 0.15) is 6.10 Å². The molecule has 0 amide bonds. The van der Waals surface area contributed by atoms with Gasteiger partial charge >= 0.3 is 0 Å². The molecule has 1 heterocycles. The quantitative estimate of drug-likeness (QED) is 0.295. The highest BCUT2D eigenvalue weighted by Gasteiger charge is 2.17. The van der Waals surface area contributed by atoms with E-state index >= 15 is 0 Å². The summed E-state index contributed by atoms with van der Waals surface area (Å²) in [6.45, 7) is 0.890. The molecule has 0 bridgehead atoms. The first-order valence-corrected chi connectivity index (χ1v) is 10.1. The van der Waals surface area contributed by atoms with Gasteiger partial charge in [0.2, 0.25) is 0 Å². The second-order valence-corrected chi connectivity index (χ2v) is 7.62. The Morgan fingerprint density at radius 3 is 2.00 bits per heavy atom. The molecule has 1 atom stereocenters. The Labute approximate surface area is 206 Å². The first-order chi connectivity index (χ1) is 15.5. The van der Waals surface area contributed by atoms with Crippen molar-refractivity contribution in [1.82, 2.24) is 9.55 Å². The van der Waals surface area contributed by atoms with E-state index in [0.717, 1.165) is 11.1 Å². The third kappa shape index (κ3) is 11.6. The second-order valence-electron chi connectivity index (χ2n) is 5.94. The van der Waals surface area contributed by atoms with Crippen LogP contribution in [0.2, 0.25) is 20.1 Å². The van der Waals surface area contributed by atoms with Crippen molar-refractivity contribution in [3.63, 3.8) is 0 Å². The highest BCUT2D eigenvalue weighted by molar-refractivity contribution is 6.35. The molecule has 2 aromatic carbocycles. The normalized spacial score (nSPS) is 10.8. The van der Waals surface area contributed by atoms with Crippen LogP contribution in [0.4, 0.5) is 0 Å². The Morgan fingerprint density at radius 1 is 0.970 bits per heavy atom. The molecule has 0 saturated heterocycles. The number of rotatable bonds is 6. The highest BCUT2D eigenvalue weighted by atomic mass is 35.5. The average molecular weight is 542 g/mol. The molecule has 0 aliphatic rings. The molecule has 0 saturated carbocycles. The van der Waals surface area contributed by atoms with Crippen LogP contribution in [0.1, 0.15) is 17.2 Å². The van der Waals surface area contributed by atoms with Crippen LogP contribution in [0.3, 0.4) is 0 Å². The van der Waals surface area contributed by atoms with Crippen molar-refractivity contribution in [1.29, 1.82) is 0 Å². The van der Waals surface area contributed by atoms with Gasteiger partial charge in [0.25, 0.3) is 10.2 Å². The molecule has 0 aliphatic heterocycles. The van der Waals surface area contributed by atoms with Crippen LogP contribution in [0.5, 0.6) is 0 Å². The third-order valence-corrected chi connectivity index (χ3v) is 4.85. The number of aromatic nitrogens is 2. The van der Waals surface area contributed by atoms with Gasteiger partial charge in [-0.2, -0.15) is 0 Å². The first-order valence-electron chi connectivity index (χ1n) is 8.62. The van der Waals surface area contributed by atoms with Gasteiger partial charge in [0.05, 0.1) is 19.5 Å². The van der Waals surface area contributed by atoms with Crippen LogP contribution < -0.4 is 0 Å². The largest absolute Gasteiger partial charge is 0.367 e. The molecule has 3 aromatic rings. The standard InChI is InChI=1S/C18H14Cl4N2O.2HNO3/c19-13-2-1-12(16(21)7-13)10-25-18(9-24-6-5-23-11-24)15-4-3-14(20)8-17(15)22;2*2-1(3)4/h1-8,11,18H,9-10H2;2*(H,2,3,4). The van der Waals surface area contributed by atoms with Crippen LogP contribution in [-0.2, 0) is 17.9 Å². The van der Waals surface area contributed by atoms with E-state index < -0.39 is 10.2 Å². The lowest BCUT2D eigenvalue weighted by Crippen LogP contribution is -2.12. The van der Waals surface area contributed by atoms with Gasteiger partial charge in [-0.3, -0.25) is 0 Å². The molecule has 2 N–H and O–H groups in total. The molecule has 1 aromatic heterocycles. The topological polar surface area (TPSA) is 154 Å². The Morgan fingerprint density at radius 2 is 1.52 bits per heavy atom. The number of nitrogens with zero attached hydrogens (tertiary/aromatic N) is 4. The Hall–Kier alpha value is -2.83. The summed E-state index contributed by atoms with van der Waals surface area (Å²) in [5.74, 6) is 0. The van der Waals surface area contributed by atoms with Gasteiger partial charge in [-0.05, 0) is 29.8 Å². The molecule has 15 heteroatoms. The second kappa shape index (κ2) is 14.3. The lowest BCUT2D eigenvalue weighted by atomic mass is 10.1. The summed E-state index contributed by atoms with van der Waals surface area (Å²) in [5, 5.41) is 29.6. The summed E-state index contributed by atoms with van der Waals surface area (Å²) in [5.41, 5.74) is 1.71. The number of imidazole rings is 1. The minimum Gasteiger partial charge on any atom is -0.367 e. The summed E-state index contributed by atoms with van der Waals surface area (Å²) in [6, 6.07) is 10.7. The van der Waals surface area contributed by atoms with Gasteiger partial charge in [-0.15, -0.1) is 20.2 Å². The van der Waals surface area contributed by atoms with Gasteiger partial charge in [0.15, 0.2) is 0 Å². The summed E-state index contributed by atoms with van der Waals surface area (Å²) >= 11 is 24.5. The fourth-order valence-electron chi connectivity index (χ4n) is 2.42. The van der Waals surface area contributed by atoms with Crippen molar-refractivity contribution in [3.8, 4) is 0 Å². The maximum Gasteiger partial charge on any atom is 0.291 e. The van der Waals surface area contributed by atoms with E-state index in [4.69, 9.17) is 81.8 Å². The Kier molecular flexibility index (Phi) is 12.3. The lowest BCUT2D eigenvalue weighted by Gasteiger charge is -2.21. The summed E-state index contributed by atoms with van der Waals surface area (Å²) in [6.07, 6.45) is 5.03. The van der Waals surface area contributed by atoms with E-state index in [1.54, 1.807) is 36.8 Å². The zero-order valence-corrected chi connectivity index (χ0v) is 19.4. The summed E-state index contributed by atoms with van der Waals surface area (Å²) < 4.78 is 8.05. The van der Waals surface area contributed by atoms with Crippen LogP contribution in [-0.4, -0.2) is 30.1 Å². The van der Waals surface area contributed by atoms with E-state index in [9.17, 15) is 0 Å². The zero-order chi connectivity index (χ0) is 25.0. The van der Waals surface area contributed by atoms with Gasteiger partial charge in [-0.25, -0.2) is 4.98 Å². The Bertz CT molecular complexity index is 1030. The number of halogens is 4. The van der Waals surface area contributed by atoms with Gasteiger partial charge in [0, 0.05) is 38.0 Å². The van der Waals surface area contributed by atoms with Crippen LogP contribution in [0, 0.1) is 20.2 Å². The number of ether oxygens (including phenoxy) is 1. The zero-order valence-electron chi connectivity index (χ0n) is 16.4. The minimum atomic E-state index is -1.50. The predicted octanol–water partition coefficient (Wildman–Crippen LogP) is 5.76. The Balaban J connectivity index is 0.000000591. The number of hydrogen-bond acceptors (Lipinski definition) is 6. The molecule has 0 spiro atoms. The molecular weight excluding hydrogens is 526 g/mol. The summed E-state index contributed by atoms with van der Waals surface area (Å²) in [7, 11) is 0. The van der Waals surface area contributed by atoms with Crippen molar-refractivity contribution in [3.05, 3.63) is 107 Å². The van der Waals surface area contributed by atoms with Gasteiger partial charge in [-0.1, -0.05) is 58.5 Å². The minimum absolute atomic E-state index is 0.286. The smallest absolute Gasteiger partial charge is 0.291 e. The molecule has 0 radical (unpaired) electrons. The van der Waals surface area contributed by atoms with Crippen molar-refractivity contribution in [2.45, 2.75) is 19.3 Å². The molecule has 33 heavy (non-hydrogen) atoms. The van der Waals surface area contributed by atoms with Crippen LogP contribution in [0.25, 0.3) is 0 Å². The fourth-order valence-corrected chi connectivity index (χ4v) is 3.41. The van der Waals surface area contributed by atoms with Crippen LogP contribution >= 0.6 is 46.4 Å². The van der Waals surface area contributed by atoms with E-state index in [0.29, 0.717) is 33.2 Å².